The van der Waals surface area contributed by atoms with Gasteiger partial charge in [0.25, 0.3) is 0 Å². The maximum atomic E-state index is 11.2. The third kappa shape index (κ3) is 3.56. The van der Waals surface area contributed by atoms with Gasteiger partial charge in [0.2, 0.25) is 0 Å². The molecule has 2 N–H and O–H groups in total. The minimum atomic E-state index is -1.86. The SMILES string of the molecule is CC1(C)O[C@@H]2C3C(CC[C@@]4(C)C3CC[C@@H]4O[Si](C)(C)C(C)(C)C)[C@@]3(C)CC[C@H](O)C(O)C3[C@H]2O1. The van der Waals surface area contributed by atoms with Crippen LogP contribution in [0.3, 0.4) is 0 Å². The second kappa shape index (κ2) is 7.77. The molecular weight excluding hydrogens is 444 g/mol. The van der Waals surface area contributed by atoms with Gasteiger partial charge in [0, 0.05) is 5.92 Å². The molecule has 4 saturated carbocycles. The topological polar surface area (TPSA) is 68.2 Å². The lowest BCUT2D eigenvalue weighted by molar-refractivity contribution is -0.225. The van der Waals surface area contributed by atoms with Crippen molar-refractivity contribution in [1.82, 2.24) is 0 Å². The Morgan fingerprint density at radius 3 is 2.06 bits per heavy atom. The molecule has 6 heteroatoms. The highest BCUT2D eigenvalue weighted by molar-refractivity contribution is 6.74. The van der Waals surface area contributed by atoms with Gasteiger partial charge in [0.15, 0.2) is 14.1 Å². The van der Waals surface area contributed by atoms with E-state index in [2.05, 4.69) is 47.7 Å². The summed E-state index contributed by atoms with van der Waals surface area (Å²) in [6, 6.07) is 0. The van der Waals surface area contributed by atoms with Crippen LogP contribution in [0.2, 0.25) is 18.1 Å². The zero-order valence-corrected chi connectivity index (χ0v) is 24.1. The Bertz CT molecular complexity index is 807. The molecule has 5 unspecified atom stereocenters. The fraction of sp³-hybridized carbons (Fsp3) is 1.00. The van der Waals surface area contributed by atoms with E-state index in [1.165, 1.54) is 12.8 Å². The summed E-state index contributed by atoms with van der Waals surface area (Å²) in [6.45, 7) is 20.7. The highest BCUT2D eigenvalue weighted by Gasteiger charge is 2.70. The maximum Gasteiger partial charge on any atom is 0.192 e. The monoisotopic (exact) mass is 494 g/mol. The summed E-state index contributed by atoms with van der Waals surface area (Å²) in [7, 11) is -1.86. The summed E-state index contributed by atoms with van der Waals surface area (Å²) in [5.74, 6) is 0.726. The van der Waals surface area contributed by atoms with E-state index in [1.807, 2.05) is 13.8 Å². The molecule has 1 aliphatic heterocycles. The van der Waals surface area contributed by atoms with Gasteiger partial charge in [-0.3, -0.25) is 0 Å². The molecule has 1 heterocycles. The molecule has 0 radical (unpaired) electrons. The third-order valence-electron chi connectivity index (χ3n) is 11.7. The second-order valence-corrected chi connectivity index (χ2v) is 19.7. The molecule has 5 aliphatic rings. The van der Waals surface area contributed by atoms with Gasteiger partial charge >= 0.3 is 0 Å². The first-order chi connectivity index (χ1) is 15.5. The fourth-order valence-electron chi connectivity index (χ4n) is 8.92. The summed E-state index contributed by atoms with van der Waals surface area (Å²) in [5.41, 5.74) is 0.126. The smallest absolute Gasteiger partial charge is 0.192 e. The Hall–Kier alpha value is 0.0169. The molecule has 11 atom stereocenters. The average Bonchev–Trinajstić information content (AvgIpc) is 3.19. The lowest BCUT2D eigenvalue weighted by Gasteiger charge is -2.64. The Morgan fingerprint density at radius 2 is 1.41 bits per heavy atom. The standard InChI is InChI=1S/C28H50O5Si/c1-25(2,3)34(8,9)33-19-11-10-16-20-17(12-14-27(16,19)6)28(7)15-13-18(29)22(30)21(28)24-23(20)31-26(4,5)32-24/h16-24,29-30H,10-15H2,1-9H3/t16?,17?,18-,19-,20?,21?,22?,23+,24+,27-,28+/m0/s1. The zero-order chi connectivity index (χ0) is 25.1. The van der Waals surface area contributed by atoms with Crippen molar-refractivity contribution in [1.29, 1.82) is 0 Å². The molecule has 0 aromatic rings. The van der Waals surface area contributed by atoms with Crippen molar-refractivity contribution in [2.45, 2.75) is 141 Å². The molecule has 0 bridgehead atoms. The molecule has 0 aromatic carbocycles. The van der Waals surface area contributed by atoms with Crippen LogP contribution in [-0.2, 0) is 13.9 Å². The molecule has 5 fully saturated rings. The molecule has 5 nitrogen and oxygen atoms in total. The summed E-state index contributed by atoms with van der Waals surface area (Å²) >= 11 is 0. The number of aliphatic hydroxyl groups excluding tert-OH is 2. The molecule has 196 valence electrons. The zero-order valence-electron chi connectivity index (χ0n) is 23.1. The number of hydrogen-bond acceptors (Lipinski definition) is 5. The van der Waals surface area contributed by atoms with Gasteiger partial charge in [0.1, 0.15) is 0 Å². The van der Waals surface area contributed by atoms with Crippen molar-refractivity contribution in [3.63, 3.8) is 0 Å². The number of ether oxygens (including phenoxy) is 2. The van der Waals surface area contributed by atoms with Crippen molar-refractivity contribution in [2.24, 2.45) is 34.5 Å². The third-order valence-corrected chi connectivity index (χ3v) is 16.2. The summed E-state index contributed by atoms with van der Waals surface area (Å²) in [4.78, 5) is 0. The lowest BCUT2D eigenvalue weighted by atomic mass is 9.43. The number of hydrogen-bond donors (Lipinski definition) is 2. The molecule has 34 heavy (non-hydrogen) atoms. The summed E-state index contributed by atoms with van der Waals surface area (Å²) < 4.78 is 20.4. The first-order valence-corrected chi connectivity index (χ1v) is 16.8. The van der Waals surface area contributed by atoms with E-state index in [4.69, 9.17) is 13.9 Å². The first-order valence-electron chi connectivity index (χ1n) is 13.9. The van der Waals surface area contributed by atoms with E-state index in [1.54, 1.807) is 0 Å². The molecule has 0 amide bonds. The average molecular weight is 495 g/mol. The van der Waals surface area contributed by atoms with Gasteiger partial charge < -0.3 is 24.1 Å². The maximum absolute atomic E-state index is 11.2. The van der Waals surface area contributed by atoms with Crippen LogP contribution >= 0.6 is 0 Å². The lowest BCUT2D eigenvalue weighted by Crippen LogP contribution is -2.67. The minimum Gasteiger partial charge on any atom is -0.413 e. The molecule has 0 aromatic heterocycles. The van der Waals surface area contributed by atoms with E-state index in [0.717, 1.165) is 19.3 Å². The minimum absolute atomic E-state index is 0.0192. The molecule has 5 rings (SSSR count). The van der Waals surface area contributed by atoms with Gasteiger partial charge in [0.05, 0.1) is 30.5 Å². The van der Waals surface area contributed by atoms with Crippen molar-refractivity contribution in [3.8, 4) is 0 Å². The van der Waals surface area contributed by atoms with Gasteiger partial charge in [-0.15, -0.1) is 0 Å². The quantitative estimate of drug-likeness (QED) is 0.497. The molecule has 4 aliphatic carbocycles. The van der Waals surface area contributed by atoms with E-state index >= 15 is 0 Å². The van der Waals surface area contributed by atoms with Gasteiger partial charge in [-0.25, -0.2) is 0 Å². The largest absolute Gasteiger partial charge is 0.413 e. The number of fused-ring (bicyclic) bond motifs is 8. The highest BCUT2D eigenvalue weighted by Crippen LogP contribution is 2.69. The summed E-state index contributed by atoms with van der Waals surface area (Å²) in [6.07, 6.45) is 5.03. The van der Waals surface area contributed by atoms with Crippen molar-refractivity contribution in [2.75, 3.05) is 0 Å². The van der Waals surface area contributed by atoms with Crippen molar-refractivity contribution < 1.29 is 24.1 Å². The van der Waals surface area contributed by atoms with Gasteiger partial charge in [-0.1, -0.05) is 34.6 Å². The molecule has 0 spiro atoms. The Morgan fingerprint density at radius 1 is 0.824 bits per heavy atom. The van der Waals surface area contributed by atoms with E-state index in [-0.39, 0.29) is 34.0 Å². The van der Waals surface area contributed by atoms with Crippen LogP contribution in [0.25, 0.3) is 0 Å². The predicted molar refractivity (Wildman–Crippen MR) is 136 cm³/mol. The van der Waals surface area contributed by atoms with Gasteiger partial charge in [-0.05, 0) is 99.1 Å². The molecule has 1 saturated heterocycles. The Kier molecular flexibility index (Phi) is 5.86. The number of rotatable bonds is 2. The van der Waals surface area contributed by atoms with Crippen LogP contribution in [0, 0.1) is 34.5 Å². The van der Waals surface area contributed by atoms with Crippen LogP contribution in [0.1, 0.15) is 87.0 Å². The van der Waals surface area contributed by atoms with Gasteiger partial charge in [-0.2, -0.15) is 0 Å². The van der Waals surface area contributed by atoms with E-state index in [0.29, 0.717) is 30.3 Å². The van der Waals surface area contributed by atoms with Crippen LogP contribution in [0.15, 0.2) is 0 Å². The van der Waals surface area contributed by atoms with Crippen LogP contribution in [0.5, 0.6) is 0 Å². The van der Waals surface area contributed by atoms with Crippen molar-refractivity contribution >= 4 is 8.32 Å². The highest BCUT2D eigenvalue weighted by atomic mass is 28.4. The summed E-state index contributed by atoms with van der Waals surface area (Å²) in [5, 5.41) is 22.1. The Balaban J connectivity index is 1.51. The second-order valence-electron chi connectivity index (χ2n) is 15.0. The first kappa shape index (κ1) is 25.7. The number of aliphatic hydroxyl groups is 2. The van der Waals surface area contributed by atoms with E-state index < -0.39 is 26.3 Å². The van der Waals surface area contributed by atoms with E-state index in [9.17, 15) is 10.2 Å². The Labute approximate surface area is 208 Å². The van der Waals surface area contributed by atoms with Crippen LogP contribution < -0.4 is 0 Å². The van der Waals surface area contributed by atoms with Crippen molar-refractivity contribution in [3.05, 3.63) is 0 Å². The normalized spacial score (nSPS) is 52.5. The fourth-order valence-corrected chi connectivity index (χ4v) is 10.4. The predicted octanol–water partition coefficient (Wildman–Crippen LogP) is 5.49. The van der Waals surface area contributed by atoms with Crippen LogP contribution in [0.4, 0.5) is 0 Å². The van der Waals surface area contributed by atoms with Crippen LogP contribution in [-0.4, -0.2) is 54.8 Å². The molecular formula is C28H50O5Si.